The Hall–Kier alpha value is -1.90. The smallest absolute Gasteiger partial charge is 0.253 e. The normalized spacial score (nSPS) is 11.4. The highest BCUT2D eigenvalue weighted by Gasteiger charge is 2.19. The van der Waals surface area contributed by atoms with E-state index in [2.05, 4.69) is 14.9 Å². The van der Waals surface area contributed by atoms with Crippen LogP contribution in [0.1, 0.15) is 16.7 Å². The van der Waals surface area contributed by atoms with E-state index in [4.69, 9.17) is 0 Å². The van der Waals surface area contributed by atoms with Gasteiger partial charge in [0.1, 0.15) is 0 Å². The molecule has 0 bridgehead atoms. The molecule has 0 spiro atoms. The molecule has 0 amide bonds. The van der Waals surface area contributed by atoms with Gasteiger partial charge in [0.2, 0.25) is 5.13 Å². The van der Waals surface area contributed by atoms with Gasteiger partial charge < -0.3 is 0 Å². The van der Waals surface area contributed by atoms with Gasteiger partial charge in [0.25, 0.3) is 10.0 Å². The van der Waals surface area contributed by atoms with Crippen molar-refractivity contribution >= 4 is 38.3 Å². The van der Waals surface area contributed by atoms with Crippen molar-refractivity contribution in [1.29, 1.82) is 0 Å². The summed E-state index contributed by atoms with van der Waals surface area (Å²) in [4.78, 5) is 0.265. The van der Waals surface area contributed by atoms with Gasteiger partial charge in [-0.15, -0.1) is 10.2 Å². The molecule has 3 rings (SSSR count). The number of rotatable bonds is 6. The molecule has 2 aromatic carbocycles. The summed E-state index contributed by atoms with van der Waals surface area (Å²) < 4.78 is 28.4. The van der Waals surface area contributed by atoms with Crippen LogP contribution in [0.15, 0.2) is 57.8 Å². The molecule has 0 saturated heterocycles. The Morgan fingerprint density at radius 2 is 1.84 bits per heavy atom. The van der Waals surface area contributed by atoms with Gasteiger partial charge in [-0.3, -0.25) is 4.72 Å². The zero-order valence-electron chi connectivity index (χ0n) is 13.8. The first-order chi connectivity index (χ1) is 11.9. The van der Waals surface area contributed by atoms with Crippen LogP contribution < -0.4 is 4.72 Å². The Balaban J connectivity index is 1.71. The summed E-state index contributed by atoms with van der Waals surface area (Å²) in [7, 11) is -3.67. The highest BCUT2D eigenvalue weighted by molar-refractivity contribution is 8.00. The lowest BCUT2D eigenvalue weighted by Gasteiger charge is -2.08. The molecule has 5 nitrogen and oxygen atoms in total. The molecule has 1 aromatic heterocycles. The van der Waals surface area contributed by atoms with Crippen molar-refractivity contribution in [1.82, 2.24) is 10.2 Å². The zero-order valence-corrected chi connectivity index (χ0v) is 16.2. The standard InChI is InChI=1S/C17H17N3O2S3/c1-12-8-9-13(2)15(10-12)25(21,22)20-16-18-19-17(24-16)23-11-14-6-4-3-5-7-14/h3-10H,11H2,1-2H3,(H,18,20). The van der Waals surface area contributed by atoms with Gasteiger partial charge in [-0.2, -0.15) is 0 Å². The molecule has 0 radical (unpaired) electrons. The third-order valence-electron chi connectivity index (χ3n) is 3.47. The quantitative estimate of drug-likeness (QED) is 0.636. The average molecular weight is 392 g/mol. The first kappa shape index (κ1) is 17.9. The van der Waals surface area contributed by atoms with Crippen molar-refractivity contribution in [2.75, 3.05) is 4.72 Å². The monoisotopic (exact) mass is 391 g/mol. The van der Waals surface area contributed by atoms with Crippen molar-refractivity contribution in [3.8, 4) is 0 Å². The van der Waals surface area contributed by atoms with Crippen molar-refractivity contribution in [2.45, 2.75) is 28.8 Å². The highest BCUT2D eigenvalue weighted by Crippen LogP contribution is 2.30. The summed E-state index contributed by atoms with van der Waals surface area (Å²) in [5, 5.41) is 8.28. The van der Waals surface area contributed by atoms with E-state index >= 15 is 0 Å². The van der Waals surface area contributed by atoms with E-state index in [9.17, 15) is 8.42 Å². The lowest BCUT2D eigenvalue weighted by molar-refractivity contribution is 0.600. The van der Waals surface area contributed by atoms with Gasteiger partial charge in [-0.25, -0.2) is 8.42 Å². The Kier molecular flexibility index (Phi) is 5.41. The molecular formula is C17H17N3O2S3. The Morgan fingerprint density at radius 3 is 2.60 bits per heavy atom. The van der Waals surface area contributed by atoms with Gasteiger partial charge in [0.15, 0.2) is 4.34 Å². The van der Waals surface area contributed by atoms with E-state index < -0.39 is 10.0 Å². The summed E-state index contributed by atoms with van der Waals surface area (Å²) in [6, 6.07) is 15.4. The lowest BCUT2D eigenvalue weighted by atomic mass is 10.2. The van der Waals surface area contributed by atoms with E-state index in [-0.39, 0.29) is 10.0 Å². The molecule has 0 unspecified atom stereocenters. The largest absolute Gasteiger partial charge is 0.263 e. The number of aromatic nitrogens is 2. The third kappa shape index (κ3) is 4.59. The number of aryl methyl sites for hydroxylation is 2. The molecule has 25 heavy (non-hydrogen) atoms. The van der Waals surface area contributed by atoms with E-state index in [0.29, 0.717) is 5.56 Å². The summed E-state index contributed by atoms with van der Waals surface area (Å²) in [6.07, 6.45) is 0. The number of anilines is 1. The van der Waals surface area contributed by atoms with Crippen LogP contribution in [0, 0.1) is 13.8 Å². The van der Waals surface area contributed by atoms with Crippen LogP contribution in [0.3, 0.4) is 0 Å². The van der Waals surface area contributed by atoms with Gasteiger partial charge in [0, 0.05) is 5.75 Å². The molecular weight excluding hydrogens is 374 g/mol. The number of benzene rings is 2. The first-order valence-electron chi connectivity index (χ1n) is 7.54. The minimum absolute atomic E-state index is 0.265. The summed E-state index contributed by atoms with van der Waals surface area (Å²) in [6.45, 7) is 3.64. The van der Waals surface area contributed by atoms with Gasteiger partial charge in [-0.05, 0) is 36.6 Å². The minimum atomic E-state index is -3.67. The molecule has 1 N–H and O–H groups in total. The second kappa shape index (κ2) is 7.55. The van der Waals surface area contributed by atoms with Crippen LogP contribution in [0.4, 0.5) is 5.13 Å². The Morgan fingerprint density at radius 1 is 1.08 bits per heavy atom. The second-order valence-corrected chi connectivity index (χ2v) is 9.37. The van der Waals surface area contributed by atoms with E-state index in [1.165, 1.54) is 28.7 Å². The third-order valence-corrected chi connectivity index (χ3v) is 7.12. The average Bonchev–Trinajstić information content (AvgIpc) is 3.03. The zero-order chi connectivity index (χ0) is 17.9. The van der Waals surface area contributed by atoms with E-state index in [0.717, 1.165) is 15.7 Å². The molecule has 0 aliphatic heterocycles. The number of hydrogen-bond acceptors (Lipinski definition) is 6. The topological polar surface area (TPSA) is 72.0 Å². The fourth-order valence-electron chi connectivity index (χ4n) is 2.20. The van der Waals surface area contributed by atoms with Gasteiger partial charge in [-0.1, -0.05) is 65.6 Å². The minimum Gasteiger partial charge on any atom is -0.253 e. The molecule has 130 valence electrons. The molecule has 8 heteroatoms. The SMILES string of the molecule is Cc1ccc(C)c(S(=O)(=O)Nc2nnc(SCc3ccccc3)s2)c1. The van der Waals surface area contributed by atoms with Crippen LogP contribution in [0.5, 0.6) is 0 Å². The number of sulfonamides is 1. The first-order valence-corrected chi connectivity index (χ1v) is 10.8. The predicted octanol–water partition coefficient (Wildman–Crippen LogP) is 4.25. The Bertz CT molecular complexity index is 970. The second-order valence-electron chi connectivity index (χ2n) is 5.52. The van der Waals surface area contributed by atoms with Crippen molar-refractivity contribution in [3.05, 3.63) is 65.2 Å². The molecule has 0 saturated carbocycles. The number of hydrogen-bond donors (Lipinski definition) is 1. The van der Waals surface area contributed by atoms with Gasteiger partial charge >= 0.3 is 0 Å². The van der Waals surface area contributed by atoms with E-state index in [1.807, 2.05) is 43.3 Å². The van der Waals surface area contributed by atoms with Crippen LogP contribution in [-0.4, -0.2) is 18.6 Å². The van der Waals surface area contributed by atoms with Crippen LogP contribution in [-0.2, 0) is 15.8 Å². The maximum absolute atomic E-state index is 12.6. The molecule has 1 heterocycles. The van der Waals surface area contributed by atoms with Crippen LogP contribution >= 0.6 is 23.1 Å². The lowest BCUT2D eigenvalue weighted by Crippen LogP contribution is -2.14. The summed E-state index contributed by atoms with van der Waals surface area (Å²) in [5.41, 5.74) is 2.77. The van der Waals surface area contributed by atoms with Gasteiger partial charge in [0.05, 0.1) is 4.90 Å². The van der Waals surface area contributed by atoms with Crippen LogP contribution in [0.25, 0.3) is 0 Å². The van der Waals surface area contributed by atoms with Crippen molar-refractivity contribution in [2.24, 2.45) is 0 Å². The fraction of sp³-hybridized carbons (Fsp3) is 0.176. The maximum atomic E-state index is 12.6. The number of nitrogens with zero attached hydrogens (tertiary/aromatic N) is 2. The number of thioether (sulfide) groups is 1. The molecule has 0 aliphatic carbocycles. The molecule has 0 aliphatic rings. The molecule has 0 fully saturated rings. The maximum Gasteiger partial charge on any atom is 0.263 e. The van der Waals surface area contributed by atoms with E-state index in [1.54, 1.807) is 19.1 Å². The fourth-order valence-corrected chi connectivity index (χ4v) is 5.46. The summed E-state index contributed by atoms with van der Waals surface area (Å²) in [5.74, 6) is 0.763. The molecule has 3 aromatic rings. The highest BCUT2D eigenvalue weighted by atomic mass is 32.2. The van der Waals surface area contributed by atoms with Crippen LogP contribution in [0.2, 0.25) is 0 Å². The molecule has 0 atom stereocenters. The Labute approximate surface area is 155 Å². The van der Waals surface area contributed by atoms with Crippen molar-refractivity contribution in [3.63, 3.8) is 0 Å². The predicted molar refractivity (Wildman–Crippen MR) is 103 cm³/mol. The number of nitrogens with one attached hydrogen (secondary N) is 1. The summed E-state index contributed by atoms with van der Waals surface area (Å²) >= 11 is 2.77. The van der Waals surface area contributed by atoms with Crippen molar-refractivity contribution < 1.29 is 8.42 Å².